The molecule has 0 aliphatic rings. The van der Waals surface area contributed by atoms with Crippen LogP contribution < -0.4 is 9.46 Å². The van der Waals surface area contributed by atoms with Crippen molar-refractivity contribution in [3.05, 3.63) is 88.7 Å². The molecule has 31 heavy (non-hydrogen) atoms. The van der Waals surface area contributed by atoms with E-state index in [9.17, 15) is 13.7 Å². The molecule has 3 aromatic carbocycles. The second-order valence-electron chi connectivity index (χ2n) is 6.60. The number of hydrogen-bond acceptors (Lipinski definition) is 6. The third-order valence-electron chi connectivity index (χ3n) is 4.55. The Hall–Kier alpha value is -3.67. The highest BCUT2D eigenvalue weighted by Gasteiger charge is 2.19. The van der Waals surface area contributed by atoms with E-state index in [1.165, 1.54) is 29.5 Å². The summed E-state index contributed by atoms with van der Waals surface area (Å²) in [5.41, 5.74) is 3.51. The fourth-order valence-corrected chi connectivity index (χ4v) is 4.67. The van der Waals surface area contributed by atoms with Gasteiger partial charge in [-0.3, -0.25) is 4.72 Å². The monoisotopic (exact) mass is 447 g/mol. The molecule has 0 amide bonds. The molecule has 6 nitrogen and oxygen atoms in total. The van der Waals surface area contributed by atoms with Crippen LogP contribution in [0, 0.1) is 18.3 Å². The smallest absolute Gasteiger partial charge is 0.263 e. The summed E-state index contributed by atoms with van der Waals surface area (Å²) >= 11 is 1.34. The number of thiazole rings is 1. The lowest BCUT2D eigenvalue weighted by atomic mass is 10.0. The second kappa shape index (κ2) is 8.60. The number of nitriles is 1. The molecule has 1 heterocycles. The number of hydrogen-bond donors (Lipinski definition) is 1. The largest absolute Gasteiger partial charge is 0.455 e. The van der Waals surface area contributed by atoms with E-state index in [0.717, 1.165) is 16.0 Å². The van der Waals surface area contributed by atoms with E-state index in [2.05, 4.69) is 9.71 Å². The van der Waals surface area contributed by atoms with Crippen LogP contribution in [0.15, 0.2) is 83.2 Å². The normalized spacial score (nSPS) is 11.0. The van der Waals surface area contributed by atoms with Crippen molar-refractivity contribution < 1.29 is 13.2 Å². The molecule has 0 saturated heterocycles. The molecule has 0 fully saturated rings. The minimum Gasteiger partial charge on any atom is -0.455 e. The van der Waals surface area contributed by atoms with E-state index >= 15 is 0 Å². The van der Waals surface area contributed by atoms with Gasteiger partial charge >= 0.3 is 0 Å². The Morgan fingerprint density at radius 3 is 2.45 bits per heavy atom. The number of sulfonamides is 1. The van der Waals surface area contributed by atoms with Gasteiger partial charge in [-0.1, -0.05) is 48.5 Å². The number of para-hydroxylation sites is 1. The minimum atomic E-state index is -3.89. The van der Waals surface area contributed by atoms with Gasteiger partial charge in [0.15, 0.2) is 5.82 Å². The maximum Gasteiger partial charge on any atom is 0.263 e. The zero-order valence-corrected chi connectivity index (χ0v) is 18.1. The summed E-state index contributed by atoms with van der Waals surface area (Å²) in [6, 6.07) is 23.4. The zero-order valence-electron chi connectivity index (χ0n) is 16.4. The highest BCUT2D eigenvalue weighted by molar-refractivity contribution is 7.92. The number of nitrogens with zero attached hydrogens (tertiary/aromatic N) is 2. The van der Waals surface area contributed by atoms with Crippen molar-refractivity contribution in [3.63, 3.8) is 0 Å². The molecule has 4 aromatic rings. The first-order chi connectivity index (χ1) is 15.0. The first-order valence-corrected chi connectivity index (χ1v) is 11.6. The zero-order chi connectivity index (χ0) is 21.8. The van der Waals surface area contributed by atoms with Crippen molar-refractivity contribution in [3.8, 4) is 28.7 Å². The number of anilines is 1. The average Bonchev–Trinajstić information content (AvgIpc) is 3.18. The van der Waals surface area contributed by atoms with E-state index in [-0.39, 0.29) is 22.0 Å². The predicted octanol–water partition coefficient (Wildman–Crippen LogP) is 5.58. The van der Waals surface area contributed by atoms with Gasteiger partial charge in [0, 0.05) is 10.4 Å². The molecule has 1 N–H and O–H groups in total. The van der Waals surface area contributed by atoms with Crippen LogP contribution in [0.1, 0.15) is 10.4 Å². The van der Waals surface area contributed by atoms with Gasteiger partial charge in [0.2, 0.25) is 0 Å². The van der Waals surface area contributed by atoms with Crippen molar-refractivity contribution in [1.82, 2.24) is 4.98 Å². The van der Waals surface area contributed by atoms with Gasteiger partial charge in [0.05, 0.1) is 16.0 Å². The van der Waals surface area contributed by atoms with Gasteiger partial charge in [-0.25, -0.2) is 13.4 Å². The highest BCUT2D eigenvalue weighted by Crippen LogP contribution is 2.35. The van der Waals surface area contributed by atoms with Crippen LogP contribution in [0.4, 0.5) is 5.82 Å². The Morgan fingerprint density at radius 2 is 1.74 bits per heavy atom. The van der Waals surface area contributed by atoms with Gasteiger partial charge in [0.25, 0.3) is 10.0 Å². The molecule has 154 valence electrons. The quantitative estimate of drug-likeness (QED) is 0.416. The van der Waals surface area contributed by atoms with Crippen molar-refractivity contribution in [2.24, 2.45) is 0 Å². The molecular formula is C23H17N3O3S2. The van der Waals surface area contributed by atoms with Crippen molar-refractivity contribution in [2.45, 2.75) is 11.8 Å². The summed E-state index contributed by atoms with van der Waals surface area (Å²) in [5.74, 6) is 1.12. The molecule has 0 aliphatic heterocycles. The summed E-state index contributed by atoms with van der Waals surface area (Å²) in [6.45, 7) is 1.78. The molecule has 0 aliphatic carbocycles. The minimum absolute atomic E-state index is 0.0415. The number of rotatable bonds is 6. The molecule has 0 saturated carbocycles. The number of ether oxygens (including phenoxy) is 1. The number of aryl methyl sites for hydroxylation is 1. The summed E-state index contributed by atoms with van der Waals surface area (Å²) in [5, 5.41) is 9.62. The Bertz CT molecular complexity index is 1370. The Kier molecular flexibility index (Phi) is 5.71. The molecule has 0 atom stereocenters. The molecule has 0 radical (unpaired) electrons. The van der Waals surface area contributed by atoms with Gasteiger partial charge < -0.3 is 4.74 Å². The summed E-state index contributed by atoms with van der Waals surface area (Å²) in [7, 11) is -3.89. The van der Waals surface area contributed by atoms with E-state index in [1.807, 2.05) is 54.6 Å². The predicted molar refractivity (Wildman–Crippen MR) is 121 cm³/mol. The third-order valence-corrected chi connectivity index (χ3v) is 6.64. The molecule has 0 bridgehead atoms. The number of nitrogens with one attached hydrogen (secondary N) is 1. The number of benzene rings is 3. The molecule has 4 rings (SSSR count). The Labute approximate surface area is 184 Å². The molecule has 8 heteroatoms. The summed E-state index contributed by atoms with van der Waals surface area (Å²) in [4.78, 5) is 4.73. The van der Waals surface area contributed by atoms with Gasteiger partial charge in [-0.15, -0.1) is 11.3 Å². The number of aromatic nitrogens is 1. The lowest BCUT2D eigenvalue weighted by Crippen LogP contribution is -2.14. The van der Waals surface area contributed by atoms with Crippen LogP contribution in [-0.4, -0.2) is 13.4 Å². The van der Waals surface area contributed by atoms with Gasteiger partial charge in [-0.2, -0.15) is 5.26 Å². The summed E-state index contributed by atoms with van der Waals surface area (Å²) in [6.07, 6.45) is 0. The van der Waals surface area contributed by atoms with Crippen LogP contribution in [0.25, 0.3) is 11.1 Å². The van der Waals surface area contributed by atoms with Crippen molar-refractivity contribution in [2.75, 3.05) is 4.72 Å². The van der Waals surface area contributed by atoms with Gasteiger partial charge in [-0.05, 0) is 36.8 Å². The van der Waals surface area contributed by atoms with E-state index in [0.29, 0.717) is 5.75 Å². The summed E-state index contributed by atoms with van der Waals surface area (Å²) < 4.78 is 33.9. The lowest BCUT2D eigenvalue weighted by molar-refractivity contribution is 0.482. The SMILES string of the molecule is Cc1scnc1NS(=O)(=O)c1ccc(Oc2ccccc2-c2ccccc2)c(C#N)c1. The Morgan fingerprint density at radius 1 is 1.00 bits per heavy atom. The van der Waals surface area contributed by atoms with Crippen LogP contribution in [-0.2, 0) is 10.0 Å². The fourth-order valence-electron chi connectivity index (χ4n) is 2.97. The molecule has 0 spiro atoms. The topological polar surface area (TPSA) is 92.1 Å². The lowest BCUT2D eigenvalue weighted by Gasteiger charge is -2.13. The van der Waals surface area contributed by atoms with E-state index < -0.39 is 10.0 Å². The van der Waals surface area contributed by atoms with Crippen molar-refractivity contribution >= 4 is 27.2 Å². The van der Waals surface area contributed by atoms with Crippen LogP contribution in [0.2, 0.25) is 0 Å². The van der Waals surface area contributed by atoms with Gasteiger partial charge in [0.1, 0.15) is 17.6 Å². The van der Waals surface area contributed by atoms with Crippen LogP contribution >= 0.6 is 11.3 Å². The maximum atomic E-state index is 12.7. The maximum absolute atomic E-state index is 12.7. The molecule has 1 aromatic heterocycles. The highest BCUT2D eigenvalue weighted by atomic mass is 32.2. The van der Waals surface area contributed by atoms with E-state index in [4.69, 9.17) is 4.74 Å². The Balaban J connectivity index is 1.67. The standard InChI is InChI=1S/C23H17N3O3S2/c1-16-23(25-15-30-16)26-31(27,28)19-11-12-21(18(13-19)14-24)29-22-10-6-5-9-20(22)17-7-3-2-4-8-17/h2-13,15,26H,1H3. The fraction of sp³-hybridized carbons (Fsp3) is 0.0435. The van der Waals surface area contributed by atoms with Crippen LogP contribution in [0.3, 0.4) is 0 Å². The average molecular weight is 448 g/mol. The van der Waals surface area contributed by atoms with E-state index in [1.54, 1.807) is 18.5 Å². The molecule has 0 unspecified atom stereocenters. The first kappa shape index (κ1) is 20.6. The van der Waals surface area contributed by atoms with Crippen LogP contribution in [0.5, 0.6) is 11.5 Å². The third kappa shape index (κ3) is 4.43. The second-order valence-corrected chi connectivity index (χ2v) is 9.34. The molecular weight excluding hydrogens is 430 g/mol. The van der Waals surface area contributed by atoms with Crippen molar-refractivity contribution in [1.29, 1.82) is 5.26 Å². The first-order valence-electron chi connectivity index (χ1n) is 9.27.